The number of carbonyl (C=O) groups is 2. The van der Waals surface area contributed by atoms with Gasteiger partial charge in [0.05, 0.1) is 12.3 Å². The summed E-state index contributed by atoms with van der Waals surface area (Å²) in [5.41, 5.74) is 1.87. The van der Waals surface area contributed by atoms with Gasteiger partial charge in [0, 0.05) is 5.70 Å². The second kappa shape index (κ2) is 4.64. The van der Waals surface area contributed by atoms with Gasteiger partial charge in [-0.3, -0.25) is 9.59 Å². The Balaban J connectivity index is 2.05. The molecule has 0 fully saturated rings. The van der Waals surface area contributed by atoms with Crippen molar-refractivity contribution in [2.75, 3.05) is 0 Å². The van der Waals surface area contributed by atoms with E-state index < -0.39 is 0 Å². The topological polar surface area (TPSA) is 46.2 Å². The Kier molecular flexibility index (Phi) is 3.22. The first kappa shape index (κ1) is 11.1. The zero-order valence-corrected chi connectivity index (χ0v) is 9.58. The highest BCUT2D eigenvalue weighted by Gasteiger charge is 2.33. The van der Waals surface area contributed by atoms with Crippen LogP contribution in [0.25, 0.3) is 0 Å². The molecule has 1 amide bonds. The smallest absolute Gasteiger partial charge is 0.231 e. The van der Waals surface area contributed by atoms with Crippen LogP contribution in [0.4, 0.5) is 0 Å². The number of nitrogens with one attached hydrogen (secondary N) is 1. The third-order valence-corrected chi connectivity index (χ3v) is 3.21. The Bertz CT molecular complexity index is 379. The average Bonchev–Trinajstić information content (AvgIpc) is 2.55. The van der Waals surface area contributed by atoms with Crippen LogP contribution in [0.15, 0.2) is 23.4 Å². The molecule has 0 aromatic rings. The fourth-order valence-corrected chi connectivity index (χ4v) is 2.32. The molecule has 2 rings (SSSR count). The molecule has 1 atom stereocenters. The van der Waals surface area contributed by atoms with E-state index >= 15 is 0 Å². The number of amides is 1. The summed E-state index contributed by atoms with van der Waals surface area (Å²) in [6.07, 6.45) is 8.07. The number of allylic oxidation sites excluding steroid dienone is 3. The predicted molar refractivity (Wildman–Crippen MR) is 61.6 cm³/mol. The molecular formula is C13H17NO2. The molecule has 2 aliphatic rings. The molecular weight excluding hydrogens is 202 g/mol. The standard InChI is InChI=1S/C13H17NO2/c1-2-3-4-5-11-10-7-6-9(15)8-12(10)14-13(11)16/h6-7,11H,2-5,8H2,1H3,(H,14,16). The third-order valence-electron chi connectivity index (χ3n) is 3.21. The molecule has 1 N–H and O–H groups in total. The molecule has 0 aromatic heterocycles. The molecule has 1 aliphatic heterocycles. The number of unbranched alkanes of at least 4 members (excludes halogenated alkanes) is 2. The van der Waals surface area contributed by atoms with Gasteiger partial charge in [0.1, 0.15) is 0 Å². The molecule has 1 aliphatic carbocycles. The van der Waals surface area contributed by atoms with E-state index in [4.69, 9.17) is 0 Å². The monoisotopic (exact) mass is 219 g/mol. The number of carbonyl (C=O) groups excluding carboxylic acids is 2. The first-order valence-electron chi connectivity index (χ1n) is 5.97. The van der Waals surface area contributed by atoms with Crippen molar-refractivity contribution in [3.8, 4) is 0 Å². The zero-order chi connectivity index (χ0) is 11.5. The van der Waals surface area contributed by atoms with E-state index in [2.05, 4.69) is 12.2 Å². The van der Waals surface area contributed by atoms with Gasteiger partial charge in [0.15, 0.2) is 5.78 Å². The molecule has 0 aromatic carbocycles. The summed E-state index contributed by atoms with van der Waals surface area (Å²) in [6.45, 7) is 2.15. The minimum Gasteiger partial charge on any atom is -0.328 e. The molecule has 16 heavy (non-hydrogen) atoms. The van der Waals surface area contributed by atoms with E-state index in [1.54, 1.807) is 6.08 Å². The van der Waals surface area contributed by atoms with E-state index in [1.807, 2.05) is 6.08 Å². The lowest BCUT2D eigenvalue weighted by Crippen LogP contribution is -2.22. The summed E-state index contributed by atoms with van der Waals surface area (Å²) in [7, 11) is 0. The molecule has 1 heterocycles. The molecule has 3 heteroatoms. The zero-order valence-electron chi connectivity index (χ0n) is 9.58. The van der Waals surface area contributed by atoms with Gasteiger partial charge in [0.25, 0.3) is 0 Å². The maximum Gasteiger partial charge on any atom is 0.231 e. The van der Waals surface area contributed by atoms with E-state index in [-0.39, 0.29) is 17.6 Å². The Hall–Kier alpha value is -1.38. The van der Waals surface area contributed by atoms with Crippen LogP contribution in [0, 0.1) is 5.92 Å². The summed E-state index contributed by atoms with van der Waals surface area (Å²) in [5, 5.41) is 2.83. The van der Waals surface area contributed by atoms with Crippen LogP contribution >= 0.6 is 0 Å². The van der Waals surface area contributed by atoms with Crippen LogP contribution in [0.1, 0.15) is 39.0 Å². The van der Waals surface area contributed by atoms with Crippen molar-refractivity contribution in [1.82, 2.24) is 5.32 Å². The molecule has 0 radical (unpaired) electrons. The van der Waals surface area contributed by atoms with Gasteiger partial charge in [-0.1, -0.05) is 32.3 Å². The Morgan fingerprint density at radius 3 is 2.88 bits per heavy atom. The van der Waals surface area contributed by atoms with Crippen LogP contribution in [0.3, 0.4) is 0 Å². The first-order chi connectivity index (χ1) is 7.72. The summed E-state index contributed by atoms with van der Waals surface area (Å²) >= 11 is 0. The number of ketones is 1. The largest absolute Gasteiger partial charge is 0.328 e. The molecule has 3 nitrogen and oxygen atoms in total. The number of hydrogen-bond donors (Lipinski definition) is 1. The summed E-state index contributed by atoms with van der Waals surface area (Å²) in [4.78, 5) is 23.0. The predicted octanol–water partition coefficient (Wildman–Crippen LogP) is 2.10. The molecule has 86 valence electrons. The van der Waals surface area contributed by atoms with Gasteiger partial charge >= 0.3 is 0 Å². The van der Waals surface area contributed by atoms with Gasteiger partial charge in [-0.15, -0.1) is 0 Å². The fourth-order valence-electron chi connectivity index (χ4n) is 2.32. The van der Waals surface area contributed by atoms with Crippen molar-refractivity contribution in [3.05, 3.63) is 23.4 Å². The Morgan fingerprint density at radius 2 is 2.12 bits per heavy atom. The molecule has 0 spiro atoms. The van der Waals surface area contributed by atoms with E-state index in [9.17, 15) is 9.59 Å². The van der Waals surface area contributed by atoms with Crippen molar-refractivity contribution in [2.24, 2.45) is 5.92 Å². The average molecular weight is 219 g/mol. The maximum absolute atomic E-state index is 11.7. The lowest BCUT2D eigenvalue weighted by Gasteiger charge is -2.11. The van der Waals surface area contributed by atoms with Gasteiger partial charge in [-0.25, -0.2) is 0 Å². The number of rotatable bonds is 4. The third kappa shape index (κ3) is 2.08. The minimum atomic E-state index is -0.0223. The van der Waals surface area contributed by atoms with Crippen LogP contribution in [0.5, 0.6) is 0 Å². The second-order valence-electron chi connectivity index (χ2n) is 4.45. The second-order valence-corrected chi connectivity index (χ2v) is 4.45. The molecule has 1 unspecified atom stereocenters. The van der Waals surface area contributed by atoms with Gasteiger partial charge in [-0.2, -0.15) is 0 Å². The summed E-state index contributed by atoms with van der Waals surface area (Å²) in [6, 6.07) is 0. The molecule has 0 bridgehead atoms. The van der Waals surface area contributed by atoms with Crippen molar-refractivity contribution in [3.63, 3.8) is 0 Å². The molecule has 0 saturated heterocycles. The highest BCUT2D eigenvalue weighted by Crippen LogP contribution is 2.31. The lowest BCUT2D eigenvalue weighted by atomic mass is 9.90. The van der Waals surface area contributed by atoms with Gasteiger partial charge in [-0.05, 0) is 18.1 Å². The van der Waals surface area contributed by atoms with Crippen molar-refractivity contribution < 1.29 is 9.59 Å². The molecule has 0 saturated carbocycles. The van der Waals surface area contributed by atoms with Gasteiger partial charge in [0.2, 0.25) is 5.91 Å². The normalized spacial score (nSPS) is 23.7. The highest BCUT2D eigenvalue weighted by molar-refractivity contribution is 5.98. The van der Waals surface area contributed by atoms with Crippen LogP contribution in [-0.2, 0) is 9.59 Å². The minimum absolute atomic E-state index is 0.0223. The van der Waals surface area contributed by atoms with E-state index in [0.29, 0.717) is 6.42 Å². The highest BCUT2D eigenvalue weighted by atomic mass is 16.2. The van der Waals surface area contributed by atoms with E-state index in [0.717, 1.165) is 37.0 Å². The quantitative estimate of drug-likeness (QED) is 0.736. The Labute approximate surface area is 95.6 Å². The van der Waals surface area contributed by atoms with Crippen LogP contribution < -0.4 is 5.32 Å². The van der Waals surface area contributed by atoms with E-state index in [1.165, 1.54) is 0 Å². The van der Waals surface area contributed by atoms with Crippen LogP contribution in [-0.4, -0.2) is 11.7 Å². The number of hydrogen-bond acceptors (Lipinski definition) is 2. The lowest BCUT2D eigenvalue weighted by molar-refractivity contribution is -0.122. The van der Waals surface area contributed by atoms with Crippen molar-refractivity contribution >= 4 is 11.7 Å². The summed E-state index contributed by atoms with van der Waals surface area (Å²) in [5.74, 6) is 0.125. The van der Waals surface area contributed by atoms with Crippen molar-refractivity contribution in [1.29, 1.82) is 0 Å². The maximum atomic E-state index is 11.7. The van der Waals surface area contributed by atoms with Crippen molar-refractivity contribution in [2.45, 2.75) is 39.0 Å². The SMILES string of the molecule is CCCCCC1C(=O)NC2=C1C=CC(=O)C2. The Morgan fingerprint density at radius 1 is 1.31 bits per heavy atom. The van der Waals surface area contributed by atoms with Crippen LogP contribution in [0.2, 0.25) is 0 Å². The first-order valence-corrected chi connectivity index (χ1v) is 5.97. The van der Waals surface area contributed by atoms with Gasteiger partial charge < -0.3 is 5.32 Å². The summed E-state index contributed by atoms with van der Waals surface area (Å²) < 4.78 is 0. The fraction of sp³-hybridized carbons (Fsp3) is 0.538.